The predicted molar refractivity (Wildman–Crippen MR) is 122 cm³/mol. The van der Waals surface area contributed by atoms with Crippen molar-refractivity contribution >= 4 is 18.0 Å². The van der Waals surface area contributed by atoms with E-state index in [4.69, 9.17) is 14.9 Å². The molecule has 3 heterocycles. The molecule has 3 aliphatic heterocycles. The fourth-order valence-electron chi connectivity index (χ4n) is 3.94. The Hall–Kier alpha value is -3.65. The maximum atomic E-state index is 12.6. The Kier molecular flexibility index (Phi) is 8.60. The third-order valence-corrected chi connectivity index (χ3v) is 5.64. The van der Waals surface area contributed by atoms with Crippen molar-refractivity contribution in [2.75, 3.05) is 26.2 Å². The maximum absolute atomic E-state index is 12.6. The number of carbonyl (C=O) groups is 3. The number of ether oxygens (including phenoxy) is 1. The summed E-state index contributed by atoms with van der Waals surface area (Å²) in [5.41, 5.74) is 2.50. The van der Waals surface area contributed by atoms with Gasteiger partial charge in [-0.1, -0.05) is 42.5 Å². The first kappa shape index (κ1) is 24.0. The minimum absolute atomic E-state index is 0.204. The molecule has 2 bridgehead atoms. The van der Waals surface area contributed by atoms with E-state index in [1.807, 2.05) is 35.2 Å². The van der Waals surface area contributed by atoms with Crippen LogP contribution in [0.1, 0.15) is 24.0 Å². The standard InChI is InChI=1S/C21H24N2O2.C4H4O4/c24-21(23-15-14-22-12-10-19(23)11-13-22)25-20-8-6-18(7-9-20)16-17-4-2-1-3-5-17;5-3(6)1-2-4(7)8/h1-9,19H,10-16H2;1-2H,(H,5,6)(H,7,8)/b;2-1+. The van der Waals surface area contributed by atoms with E-state index in [9.17, 15) is 14.4 Å². The highest BCUT2D eigenvalue weighted by Gasteiger charge is 2.32. The Bertz CT molecular complexity index is 950. The van der Waals surface area contributed by atoms with Crippen LogP contribution in [0.5, 0.6) is 5.75 Å². The van der Waals surface area contributed by atoms with Crippen LogP contribution in [-0.2, 0) is 16.0 Å². The Morgan fingerprint density at radius 2 is 1.39 bits per heavy atom. The zero-order chi connectivity index (χ0) is 23.6. The Morgan fingerprint density at radius 3 is 1.97 bits per heavy atom. The lowest BCUT2D eigenvalue weighted by Gasteiger charge is -2.30. The molecular weight excluding hydrogens is 424 g/mol. The number of hydrogen-bond donors (Lipinski definition) is 2. The van der Waals surface area contributed by atoms with Crippen LogP contribution in [0.15, 0.2) is 66.7 Å². The van der Waals surface area contributed by atoms with Gasteiger partial charge in [0, 0.05) is 44.4 Å². The Balaban J connectivity index is 0.000000331. The number of amides is 1. The molecule has 2 aromatic rings. The molecular formula is C25H28N2O6. The fourth-order valence-corrected chi connectivity index (χ4v) is 3.94. The largest absolute Gasteiger partial charge is 0.478 e. The van der Waals surface area contributed by atoms with Gasteiger partial charge >= 0.3 is 18.0 Å². The topological polar surface area (TPSA) is 107 Å². The summed E-state index contributed by atoms with van der Waals surface area (Å²) < 4.78 is 5.63. The van der Waals surface area contributed by atoms with Crippen LogP contribution in [-0.4, -0.2) is 70.3 Å². The molecule has 2 aromatic carbocycles. The molecule has 3 saturated heterocycles. The molecule has 0 spiro atoms. The number of aliphatic carboxylic acids is 2. The van der Waals surface area contributed by atoms with E-state index in [2.05, 4.69) is 29.2 Å². The highest BCUT2D eigenvalue weighted by molar-refractivity contribution is 5.89. The van der Waals surface area contributed by atoms with Crippen molar-refractivity contribution < 1.29 is 29.3 Å². The van der Waals surface area contributed by atoms with Crippen LogP contribution in [0, 0.1) is 0 Å². The van der Waals surface area contributed by atoms with Gasteiger partial charge in [-0.3, -0.25) is 0 Å². The van der Waals surface area contributed by atoms with Gasteiger partial charge < -0.3 is 24.7 Å². The third kappa shape index (κ3) is 7.76. The van der Waals surface area contributed by atoms with Crippen LogP contribution in [0.2, 0.25) is 0 Å². The molecule has 3 aliphatic rings. The average Bonchev–Trinajstić information content (AvgIpc) is 3.14. The molecule has 0 aliphatic carbocycles. The number of carboxylic acid groups (broad SMARTS) is 2. The summed E-state index contributed by atoms with van der Waals surface area (Å²) in [4.78, 5) is 36.0. The number of benzene rings is 2. The molecule has 8 heteroatoms. The number of fused-ring (bicyclic) bond motifs is 4. The van der Waals surface area contributed by atoms with E-state index < -0.39 is 11.9 Å². The summed E-state index contributed by atoms with van der Waals surface area (Å²) in [6, 6.07) is 18.6. The van der Waals surface area contributed by atoms with Crippen LogP contribution in [0.4, 0.5) is 4.79 Å². The number of hydrogen-bond acceptors (Lipinski definition) is 5. The van der Waals surface area contributed by atoms with E-state index in [1.165, 1.54) is 11.1 Å². The van der Waals surface area contributed by atoms with Crippen molar-refractivity contribution in [3.8, 4) is 5.75 Å². The Morgan fingerprint density at radius 1 is 0.818 bits per heavy atom. The monoisotopic (exact) mass is 452 g/mol. The van der Waals surface area contributed by atoms with E-state index in [0.29, 0.717) is 23.9 Å². The summed E-state index contributed by atoms with van der Waals surface area (Å²) >= 11 is 0. The van der Waals surface area contributed by atoms with Crippen LogP contribution < -0.4 is 4.74 Å². The van der Waals surface area contributed by atoms with Gasteiger partial charge in [0.15, 0.2) is 0 Å². The van der Waals surface area contributed by atoms with Crippen LogP contribution in [0.25, 0.3) is 0 Å². The molecule has 1 amide bonds. The predicted octanol–water partition coefficient (Wildman–Crippen LogP) is 3.27. The van der Waals surface area contributed by atoms with Gasteiger partial charge in [0.25, 0.3) is 0 Å². The van der Waals surface area contributed by atoms with Crippen molar-refractivity contribution in [1.29, 1.82) is 0 Å². The normalized spacial score (nSPS) is 19.3. The van der Waals surface area contributed by atoms with Gasteiger partial charge in [0.2, 0.25) is 0 Å². The molecule has 174 valence electrons. The Labute approximate surface area is 192 Å². The van der Waals surface area contributed by atoms with E-state index >= 15 is 0 Å². The summed E-state index contributed by atoms with van der Waals surface area (Å²) in [5.74, 6) is -1.89. The number of piperidine rings is 1. The minimum Gasteiger partial charge on any atom is -0.478 e. The molecule has 3 fully saturated rings. The summed E-state index contributed by atoms with van der Waals surface area (Å²) in [5, 5.41) is 15.6. The lowest BCUT2D eigenvalue weighted by molar-refractivity contribution is -0.134. The lowest BCUT2D eigenvalue weighted by atomic mass is 10.1. The van der Waals surface area contributed by atoms with Crippen LogP contribution in [0.3, 0.4) is 0 Å². The smallest absolute Gasteiger partial charge is 0.415 e. The fraction of sp³-hybridized carbons (Fsp3) is 0.320. The van der Waals surface area contributed by atoms with Gasteiger partial charge in [0.05, 0.1) is 0 Å². The van der Waals surface area contributed by atoms with Gasteiger partial charge in [-0.15, -0.1) is 0 Å². The van der Waals surface area contributed by atoms with Gasteiger partial charge in [-0.2, -0.15) is 0 Å². The second kappa shape index (κ2) is 11.8. The quantitative estimate of drug-likeness (QED) is 0.671. The third-order valence-electron chi connectivity index (χ3n) is 5.64. The van der Waals surface area contributed by atoms with Crippen molar-refractivity contribution in [2.24, 2.45) is 0 Å². The maximum Gasteiger partial charge on any atom is 0.415 e. The molecule has 5 rings (SSSR count). The highest BCUT2D eigenvalue weighted by atomic mass is 16.6. The highest BCUT2D eigenvalue weighted by Crippen LogP contribution is 2.23. The summed E-state index contributed by atoms with van der Waals surface area (Å²) in [6.45, 7) is 3.93. The second-order valence-electron chi connectivity index (χ2n) is 7.95. The van der Waals surface area contributed by atoms with Gasteiger partial charge in [0.1, 0.15) is 5.75 Å². The van der Waals surface area contributed by atoms with Crippen molar-refractivity contribution in [3.05, 3.63) is 77.9 Å². The molecule has 0 saturated carbocycles. The SMILES string of the molecule is O=C(O)/C=C/C(=O)O.O=C(Oc1ccc(Cc2ccccc2)cc1)N1CCN2CCC1CC2. The molecule has 2 N–H and O–H groups in total. The zero-order valence-corrected chi connectivity index (χ0v) is 18.3. The molecule has 0 unspecified atom stereocenters. The van der Waals surface area contributed by atoms with Gasteiger partial charge in [-0.05, 0) is 42.5 Å². The van der Waals surface area contributed by atoms with E-state index in [-0.39, 0.29) is 6.09 Å². The van der Waals surface area contributed by atoms with Crippen molar-refractivity contribution in [1.82, 2.24) is 9.80 Å². The minimum atomic E-state index is -1.26. The number of rotatable bonds is 5. The van der Waals surface area contributed by atoms with E-state index in [0.717, 1.165) is 45.4 Å². The van der Waals surface area contributed by atoms with Gasteiger partial charge in [-0.25, -0.2) is 14.4 Å². The second-order valence-corrected chi connectivity index (χ2v) is 7.95. The molecule has 0 atom stereocenters. The first-order chi connectivity index (χ1) is 15.9. The average molecular weight is 453 g/mol. The first-order valence-electron chi connectivity index (χ1n) is 10.9. The molecule has 0 aromatic heterocycles. The van der Waals surface area contributed by atoms with Crippen molar-refractivity contribution in [2.45, 2.75) is 25.3 Å². The van der Waals surface area contributed by atoms with E-state index in [1.54, 1.807) is 0 Å². The molecule has 33 heavy (non-hydrogen) atoms. The number of carboxylic acids is 2. The number of nitrogens with zero attached hydrogens (tertiary/aromatic N) is 2. The zero-order valence-electron chi connectivity index (χ0n) is 18.3. The molecule has 0 radical (unpaired) electrons. The number of carbonyl (C=O) groups excluding carboxylic acids is 1. The van der Waals surface area contributed by atoms with Crippen molar-refractivity contribution in [3.63, 3.8) is 0 Å². The first-order valence-corrected chi connectivity index (χ1v) is 10.9. The lowest BCUT2D eigenvalue weighted by Crippen LogP contribution is -2.43. The summed E-state index contributed by atoms with van der Waals surface area (Å²) in [7, 11) is 0. The summed E-state index contributed by atoms with van der Waals surface area (Å²) in [6.07, 6.45) is 3.92. The van der Waals surface area contributed by atoms with Crippen LogP contribution >= 0.6 is 0 Å². The molecule has 8 nitrogen and oxygen atoms in total.